The Hall–Kier alpha value is -2.89. The highest BCUT2D eigenvalue weighted by molar-refractivity contribution is 6.02. The fourth-order valence-electron chi connectivity index (χ4n) is 2.51. The molecule has 1 aromatic heterocycles. The highest BCUT2D eigenvalue weighted by atomic mass is 16.1. The van der Waals surface area contributed by atoms with Gasteiger partial charge in [-0.05, 0) is 41.7 Å². The molecule has 6 heteroatoms. The maximum absolute atomic E-state index is 11.9. The third-order valence-corrected chi connectivity index (χ3v) is 3.45. The van der Waals surface area contributed by atoms with Crippen LogP contribution in [0.3, 0.4) is 0 Å². The molecule has 1 aromatic carbocycles. The Bertz CT molecular complexity index is 739. The van der Waals surface area contributed by atoms with E-state index in [1.54, 1.807) is 12.3 Å². The van der Waals surface area contributed by atoms with E-state index in [0.29, 0.717) is 5.56 Å². The zero-order valence-corrected chi connectivity index (χ0v) is 11.3. The number of carbonyl (C=O) groups excluding carboxylic acids is 1. The molecule has 0 fully saturated rings. The number of benzene rings is 1. The lowest BCUT2D eigenvalue weighted by atomic mass is 9.87. The summed E-state index contributed by atoms with van der Waals surface area (Å²) in [6, 6.07) is 5.55. The van der Waals surface area contributed by atoms with E-state index >= 15 is 0 Å². The van der Waals surface area contributed by atoms with E-state index in [-0.39, 0.29) is 5.96 Å². The van der Waals surface area contributed by atoms with Gasteiger partial charge in [-0.1, -0.05) is 12.1 Å². The van der Waals surface area contributed by atoms with E-state index < -0.39 is 5.91 Å². The summed E-state index contributed by atoms with van der Waals surface area (Å²) in [5.41, 5.74) is 15.3. The van der Waals surface area contributed by atoms with Gasteiger partial charge in [0.1, 0.15) is 0 Å². The van der Waals surface area contributed by atoms with Gasteiger partial charge in [-0.15, -0.1) is 0 Å². The van der Waals surface area contributed by atoms with E-state index in [0.717, 1.165) is 29.5 Å². The molecule has 1 aliphatic carbocycles. The molecule has 1 aliphatic rings. The number of fused-ring (bicyclic) bond motifs is 1. The predicted molar refractivity (Wildman–Crippen MR) is 80.6 cm³/mol. The van der Waals surface area contributed by atoms with Crippen molar-refractivity contribution in [2.45, 2.75) is 12.8 Å². The van der Waals surface area contributed by atoms with Gasteiger partial charge in [0, 0.05) is 17.3 Å². The molecule has 0 bridgehead atoms. The molecule has 2 aromatic rings. The van der Waals surface area contributed by atoms with E-state index in [9.17, 15) is 4.79 Å². The maximum Gasteiger partial charge on any atom is 0.280 e. The average Bonchev–Trinajstić information content (AvgIpc) is 2.99. The fraction of sp³-hybridized carbons (Fsp3) is 0.133. The fourth-order valence-corrected chi connectivity index (χ4v) is 2.51. The summed E-state index contributed by atoms with van der Waals surface area (Å²) in [6.07, 6.45) is 7.68. The summed E-state index contributed by atoms with van der Waals surface area (Å²) in [4.78, 5) is 15.5. The van der Waals surface area contributed by atoms with Gasteiger partial charge in [-0.3, -0.25) is 9.89 Å². The van der Waals surface area contributed by atoms with Crippen LogP contribution < -0.4 is 11.5 Å². The molecule has 0 unspecified atom stereocenters. The number of nitrogens with zero attached hydrogens (tertiary/aromatic N) is 2. The summed E-state index contributed by atoms with van der Waals surface area (Å²) < 4.78 is 0. The second kappa shape index (κ2) is 5.24. The van der Waals surface area contributed by atoms with E-state index in [2.05, 4.69) is 21.3 Å². The molecule has 0 aliphatic heterocycles. The van der Waals surface area contributed by atoms with Gasteiger partial charge in [-0.25, -0.2) is 0 Å². The van der Waals surface area contributed by atoms with Crippen LogP contribution in [0.1, 0.15) is 33.5 Å². The van der Waals surface area contributed by atoms with Gasteiger partial charge < -0.3 is 11.5 Å². The maximum atomic E-state index is 11.9. The second-order valence-electron chi connectivity index (χ2n) is 4.86. The summed E-state index contributed by atoms with van der Waals surface area (Å²) in [7, 11) is 0. The van der Waals surface area contributed by atoms with Crippen LogP contribution in [-0.4, -0.2) is 22.1 Å². The Kier molecular flexibility index (Phi) is 3.27. The van der Waals surface area contributed by atoms with Crippen LogP contribution >= 0.6 is 0 Å². The van der Waals surface area contributed by atoms with Crippen LogP contribution in [0.25, 0.3) is 5.57 Å². The van der Waals surface area contributed by atoms with Crippen LogP contribution in [0.2, 0.25) is 0 Å². The number of aromatic amines is 1. The van der Waals surface area contributed by atoms with Gasteiger partial charge in [0.25, 0.3) is 5.91 Å². The predicted octanol–water partition coefficient (Wildman–Crippen LogP) is 1.20. The number of carbonyl (C=O) groups is 1. The first-order chi connectivity index (χ1) is 10.1. The zero-order valence-electron chi connectivity index (χ0n) is 11.3. The van der Waals surface area contributed by atoms with Crippen molar-refractivity contribution in [3.05, 3.63) is 58.9 Å². The van der Waals surface area contributed by atoms with Crippen molar-refractivity contribution in [1.29, 1.82) is 0 Å². The zero-order chi connectivity index (χ0) is 14.8. The Morgan fingerprint density at radius 1 is 1.33 bits per heavy atom. The SMILES string of the molecule is NC(N)=NC(=O)c1ccc2c(c1)C(c1cn[nH]c1)=CCC2. The van der Waals surface area contributed by atoms with Crippen molar-refractivity contribution < 1.29 is 4.79 Å². The van der Waals surface area contributed by atoms with E-state index in [1.165, 1.54) is 5.56 Å². The Morgan fingerprint density at radius 2 is 2.19 bits per heavy atom. The normalized spacial score (nSPS) is 13.2. The molecular weight excluding hydrogens is 266 g/mol. The topological polar surface area (TPSA) is 110 Å². The number of aliphatic imine (C=N–C) groups is 1. The number of hydrogen-bond acceptors (Lipinski definition) is 2. The minimum absolute atomic E-state index is 0.233. The lowest BCUT2D eigenvalue weighted by Crippen LogP contribution is -2.24. The number of rotatable bonds is 2. The number of amides is 1. The molecule has 1 heterocycles. The molecule has 0 atom stereocenters. The molecule has 0 saturated heterocycles. The highest BCUT2D eigenvalue weighted by Gasteiger charge is 2.17. The molecule has 5 N–H and O–H groups in total. The van der Waals surface area contributed by atoms with Crippen molar-refractivity contribution in [2.24, 2.45) is 16.5 Å². The number of nitrogens with two attached hydrogens (primary N) is 2. The largest absolute Gasteiger partial charge is 0.370 e. The number of nitrogens with one attached hydrogen (secondary N) is 1. The monoisotopic (exact) mass is 281 g/mol. The number of guanidine groups is 1. The number of allylic oxidation sites excluding steroid dienone is 1. The van der Waals surface area contributed by atoms with Gasteiger partial charge in [0.05, 0.1) is 6.20 Å². The number of aromatic nitrogens is 2. The second-order valence-corrected chi connectivity index (χ2v) is 4.86. The Morgan fingerprint density at radius 3 is 2.90 bits per heavy atom. The minimum Gasteiger partial charge on any atom is -0.370 e. The minimum atomic E-state index is -0.435. The standard InChI is InChI=1S/C15H15N5O/c16-15(17)20-14(21)10-5-4-9-2-1-3-12(13(9)6-10)11-7-18-19-8-11/h3-8H,1-2H2,(H,18,19)(H4,16,17,20,21). The van der Waals surface area contributed by atoms with Crippen molar-refractivity contribution in [1.82, 2.24) is 10.2 Å². The van der Waals surface area contributed by atoms with Crippen LogP contribution in [-0.2, 0) is 6.42 Å². The van der Waals surface area contributed by atoms with Crippen LogP contribution in [0.4, 0.5) is 0 Å². The van der Waals surface area contributed by atoms with E-state index in [4.69, 9.17) is 11.5 Å². The first-order valence-corrected chi connectivity index (χ1v) is 6.62. The van der Waals surface area contributed by atoms with Crippen molar-refractivity contribution in [3.63, 3.8) is 0 Å². The third kappa shape index (κ3) is 2.55. The van der Waals surface area contributed by atoms with Gasteiger partial charge in [-0.2, -0.15) is 10.1 Å². The summed E-state index contributed by atoms with van der Waals surface area (Å²) >= 11 is 0. The number of H-pyrrole nitrogens is 1. The van der Waals surface area contributed by atoms with Crippen LogP contribution in [0.15, 0.2) is 41.7 Å². The lowest BCUT2D eigenvalue weighted by Gasteiger charge is -2.17. The first-order valence-electron chi connectivity index (χ1n) is 6.62. The third-order valence-electron chi connectivity index (χ3n) is 3.45. The van der Waals surface area contributed by atoms with Crippen molar-refractivity contribution in [2.75, 3.05) is 0 Å². The first kappa shape index (κ1) is 13.1. The summed E-state index contributed by atoms with van der Waals surface area (Å²) in [6.45, 7) is 0. The van der Waals surface area contributed by atoms with Crippen LogP contribution in [0, 0.1) is 0 Å². The molecule has 21 heavy (non-hydrogen) atoms. The molecule has 3 rings (SSSR count). The van der Waals surface area contributed by atoms with Gasteiger partial charge in [0.2, 0.25) is 0 Å². The van der Waals surface area contributed by atoms with Gasteiger partial charge in [0.15, 0.2) is 5.96 Å². The average molecular weight is 281 g/mol. The summed E-state index contributed by atoms with van der Waals surface area (Å²) in [5, 5.41) is 6.79. The van der Waals surface area contributed by atoms with Crippen molar-refractivity contribution >= 4 is 17.4 Å². The van der Waals surface area contributed by atoms with Gasteiger partial charge >= 0.3 is 0 Å². The quantitative estimate of drug-likeness (QED) is 0.567. The van der Waals surface area contributed by atoms with E-state index in [1.807, 2.05) is 18.3 Å². The van der Waals surface area contributed by atoms with Crippen LogP contribution in [0.5, 0.6) is 0 Å². The van der Waals surface area contributed by atoms with Crippen molar-refractivity contribution in [3.8, 4) is 0 Å². The number of hydrogen-bond donors (Lipinski definition) is 3. The number of aryl methyl sites for hydroxylation is 1. The molecule has 0 radical (unpaired) electrons. The molecular formula is C15H15N5O. The Labute approximate surface area is 121 Å². The Balaban J connectivity index is 2.05. The summed E-state index contributed by atoms with van der Waals surface area (Å²) in [5.74, 6) is -0.668. The molecule has 0 spiro atoms. The molecule has 0 saturated carbocycles. The highest BCUT2D eigenvalue weighted by Crippen LogP contribution is 2.32. The lowest BCUT2D eigenvalue weighted by molar-refractivity contribution is 0.100. The molecule has 106 valence electrons. The molecule has 6 nitrogen and oxygen atoms in total. The molecule has 1 amide bonds. The smallest absolute Gasteiger partial charge is 0.280 e.